The van der Waals surface area contributed by atoms with Crippen LogP contribution in [0.2, 0.25) is 0 Å². The van der Waals surface area contributed by atoms with Crippen LogP contribution < -0.4 is 0 Å². The van der Waals surface area contributed by atoms with Gasteiger partial charge in [0.2, 0.25) is 0 Å². The van der Waals surface area contributed by atoms with Gasteiger partial charge in [0, 0.05) is 11.3 Å². The molecule has 13 heavy (non-hydrogen) atoms. The van der Waals surface area contributed by atoms with Crippen LogP contribution in [-0.4, -0.2) is 22.0 Å². The van der Waals surface area contributed by atoms with Crippen LogP contribution in [0.5, 0.6) is 0 Å². The predicted octanol–water partition coefficient (Wildman–Crippen LogP) is 2.35. The average molecular weight is 196 g/mol. The summed E-state index contributed by atoms with van der Waals surface area (Å²) in [4.78, 5) is 3.97. The molecule has 0 aromatic carbocycles. The molecule has 0 unspecified atom stereocenters. The van der Waals surface area contributed by atoms with E-state index < -0.39 is 0 Å². The van der Waals surface area contributed by atoms with E-state index in [4.69, 9.17) is 10.5 Å². The molecule has 0 aliphatic heterocycles. The zero-order chi connectivity index (χ0) is 9.84. The van der Waals surface area contributed by atoms with Gasteiger partial charge in [-0.2, -0.15) is 0 Å². The van der Waals surface area contributed by atoms with Gasteiger partial charge in [0.25, 0.3) is 0 Å². The van der Waals surface area contributed by atoms with E-state index in [1.54, 1.807) is 6.92 Å². The zero-order valence-electron chi connectivity index (χ0n) is 7.45. The highest BCUT2D eigenvalue weighted by atomic mass is 32.1. The van der Waals surface area contributed by atoms with Crippen LogP contribution in [0, 0.1) is 11.3 Å². The highest BCUT2D eigenvalue weighted by molar-refractivity contribution is 7.78. The van der Waals surface area contributed by atoms with Gasteiger partial charge < -0.3 is 10.5 Å². The summed E-state index contributed by atoms with van der Waals surface area (Å²) in [6, 6.07) is -0.153. The van der Waals surface area contributed by atoms with E-state index in [2.05, 4.69) is 22.4 Å². The van der Waals surface area contributed by atoms with E-state index in [-0.39, 0.29) is 6.04 Å². The summed E-state index contributed by atoms with van der Waals surface area (Å²) in [6.07, 6.45) is 3.15. The van der Waals surface area contributed by atoms with E-state index in [1.165, 1.54) is 0 Å². The third-order valence-electron chi connectivity index (χ3n) is 2.15. The smallest absolute Gasteiger partial charge is 0.0927 e. The molecule has 4 heteroatoms. The van der Waals surface area contributed by atoms with Gasteiger partial charge >= 0.3 is 0 Å². The largest absolute Gasteiger partial charge is 0.515 e. The maximum Gasteiger partial charge on any atom is 0.0927 e. The third kappa shape index (κ3) is 2.47. The maximum absolute atomic E-state index is 8.95. The van der Waals surface area contributed by atoms with E-state index in [0.29, 0.717) is 17.2 Å². The number of hydrogen-bond acceptors (Lipinski definition) is 4. The van der Waals surface area contributed by atoms with E-state index >= 15 is 0 Å². The first kappa shape index (κ1) is 10.1. The second kappa shape index (κ2) is 4.30. The molecule has 1 aliphatic carbocycles. The molecule has 3 nitrogen and oxygen atoms in total. The fourth-order valence-electron chi connectivity index (χ4n) is 1.29. The molecule has 2 N–H and O–H groups in total. The molecule has 1 saturated carbocycles. The Morgan fingerprint density at radius 1 is 1.77 bits per heavy atom. The second-order valence-corrected chi connectivity index (χ2v) is 3.39. The van der Waals surface area contributed by atoms with Crippen molar-refractivity contribution in [2.24, 2.45) is 10.9 Å². The molecule has 1 fully saturated rings. The van der Waals surface area contributed by atoms with Crippen LogP contribution in [0.3, 0.4) is 0 Å². The van der Waals surface area contributed by atoms with Gasteiger partial charge in [-0.1, -0.05) is 0 Å². The van der Waals surface area contributed by atoms with Crippen molar-refractivity contribution in [1.29, 1.82) is 5.41 Å². The quantitative estimate of drug-likeness (QED) is 0.412. The Morgan fingerprint density at radius 3 is 2.69 bits per heavy atom. The molecule has 0 bridgehead atoms. The molecule has 0 heterocycles. The fourth-order valence-corrected chi connectivity index (χ4v) is 1.41. The summed E-state index contributed by atoms with van der Waals surface area (Å²) < 4.78 is 0. The molecule has 0 amide bonds. The summed E-state index contributed by atoms with van der Waals surface area (Å²) in [5, 5.41) is 18.7. The number of nitrogens with zero attached hydrogens (tertiary/aromatic N) is 1. The first-order chi connectivity index (χ1) is 6.20. The number of hydrogen-bond donors (Lipinski definition) is 2. The van der Waals surface area contributed by atoms with Gasteiger partial charge in [0.1, 0.15) is 0 Å². The van der Waals surface area contributed by atoms with Crippen molar-refractivity contribution in [3.05, 3.63) is 11.8 Å². The molecule has 1 atom stereocenters. The molecule has 0 saturated heterocycles. The number of aliphatic hydroxyl groups is 1. The number of isothiocyanates is 1. The van der Waals surface area contributed by atoms with Crippen LogP contribution in [0.15, 0.2) is 16.8 Å². The Morgan fingerprint density at radius 2 is 2.38 bits per heavy atom. The molecule has 1 rings (SSSR count). The number of rotatable bonds is 4. The van der Waals surface area contributed by atoms with Crippen molar-refractivity contribution in [2.45, 2.75) is 25.8 Å². The van der Waals surface area contributed by atoms with Crippen molar-refractivity contribution in [1.82, 2.24) is 0 Å². The Labute approximate surface area is 82.7 Å². The second-order valence-electron chi connectivity index (χ2n) is 3.21. The van der Waals surface area contributed by atoms with E-state index in [0.717, 1.165) is 19.1 Å². The molecule has 0 aromatic heterocycles. The summed E-state index contributed by atoms with van der Waals surface area (Å²) in [6.45, 7) is 1.64. The van der Waals surface area contributed by atoms with Gasteiger partial charge in [-0.25, -0.2) is 4.99 Å². The number of thiocarbonyl (C=S) groups is 1. The average Bonchev–Trinajstić information content (AvgIpc) is 2.86. The molecule has 70 valence electrons. The lowest BCUT2D eigenvalue weighted by molar-refractivity contribution is 0.462. The van der Waals surface area contributed by atoms with Crippen molar-refractivity contribution >= 4 is 23.1 Å². The zero-order valence-corrected chi connectivity index (χ0v) is 8.27. The lowest BCUT2D eigenvalue weighted by Gasteiger charge is -2.11. The molecular formula is C9H12N2OS. The Balaban J connectivity index is 2.84. The first-order valence-corrected chi connectivity index (χ1v) is 4.58. The van der Waals surface area contributed by atoms with Crippen molar-refractivity contribution in [2.75, 3.05) is 0 Å². The van der Waals surface area contributed by atoms with Crippen LogP contribution in [0.25, 0.3) is 0 Å². The Bertz CT molecular complexity index is 288. The minimum Gasteiger partial charge on any atom is -0.515 e. The van der Waals surface area contributed by atoms with Crippen molar-refractivity contribution in [3.8, 4) is 0 Å². The van der Waals surface area contributed by atoms with Gasteiger partial charge in [-0.05, 0) is 37.9 Å². The van der Waals surface area contributed by atoms with E-state index in [1.807, 2.05) is 0 Å². The number of nitrogens with one attached hydrogen (secondary N) is 1. The number of aliphatic hydroxyl groups excluding tert-OH is 1. The Hall–Kier alpha value is -0.990. The normalized spacial score (nSPS) is 19.0. The monoisotopic (exact) mass is 196 g/mol. The summed E-state index contributed by atoms with van der Waals surface area (Å²) in [5.74, 6) is 0.439. The topological polar surface area (TPSA) is 56.4 Å². The molecular weight excluding hydrogens is 184 g/mol. The lowest BCUT2D eigenvalue weighted by Crippen LogP contribution is -2.16. The van der Waals surface area contributed by atoms with Gasteiger partial charge in [0.15, 0.2) is 0 Å². The maximum atomic E-state index is 8.95. The van der Waals surface area contributed by atoms with Gasteiger partial charge in [-0.15, -0.1) is 0 Å². The number of aliphatic imine (C=N–C) groups is 1. The van der Waals surface area contributed by atoms with Crippen LogP contribution in [0.1, 0.15) is 19.8 Å². The summed E-state index contributed by atoms with van der Waals surface area (Å²) in [7, 11) is 0. The molecule has 0 radical (unpaired) electrons. The summed E-state index contributed by atoms with van der Waals surface area (Å²) >= 11 is 4.53. The predicted molar refractivity (Wildman–Crippen MR) is 55.7 cm³/mol. The highest BCUT2D eigenvalue weighted by Gasteiger charge is 2.34. The van der Waals surface area contributed by atoms with Crippen LogP contribution in [-0.2, 0) is 0 Å². The van der Waals surface area contributed by atoms with Crippen molar-refractivity contribution in [3.63, 3.8) is 0 Å². The first-order valence-electron chi connectivity index (χ1n) is 4.17. The van der Waals surface area contributed by atoms with E-state index in [9.17, 15) is 0 Å². The van der Waals surface area contributed by atoms with Gasteiger partial charge in [0.05, 0.1) is 17.5 Å². The fraction of sp³-hybridized carbons (Fsp3) is 0.556. The van der Waals surface area contributed by atoms with Crippen molar-refractivity contribution < 1.29 is 5.11 Å². The van der Waals surface area contributed by atoms with Crippen LogP contribution >= 0.6 is 12.2 Å². The molecule has 1 aliphatic rings. The third-order valence-corrected chi connectivity index (χ3v) is 2.26. The highest BCUT2D eigenvalue weighted by Crippen LogP contribution is 2.37. The molecule has 0 aromatic rings. The standard InChI is InChI=1S/C9H12N2OS/c1-6(10)8(4-12)9(11-5-13)7-2-3-7/h4,7,9-10,12H,2-3H2,1H3/b8-4+,10-6?/t9-/m1/s1. The molecule has 0 spiro atoms. The van der Waals surface area contributed by atoms with Crippen LogP contribution in [0.4, 0.5) is 0 Å². The summed E-state index contributed by atoms with van der Waals surface area (Å²) in [5.41, 5.74) is 0.897. The minimum atomic E-state index is -0.153. The Kier molecular flexibility index (Phi) is 3.34. The lowest BCUT2D eigenvalue weighted by atomic mass is 10.0. The SMILES string of the molecule is CC(=N)/C(=C\O)[C@H](N=C=S)C1CC1. The minimum absolute atomic E-state index is 0.153. The van der Waals surface area contributed by atoms with Gasteiger partial charge in [-0.3, -0.25) is 0 Å².